The molecule has 3 nitrogen and oxygen atoms in total. The average molecular weight is 326 g/mol. The van der Waals surface area contributed by atoms with Crippen molar-refractivity contribution in [1.29, 1.82) is 0 Å². The third kappa shape index (κ3) is 3.14. The number of ketones is 1. The van der Waals surface area contributed by atoms with Crippen LogP contribution in [0.3, 0.4) is 0 Å². The van der Waals surface area contributed by atoms with E-state index in [1.54, 1.807) is 18.7 Å². The zero-order chi connectivity index (χ0) is 16.6. The molecule has 0 unspecified atom stereocenters. The molecule has 0 N–H and O–H groups in total. The number of carbonyl (C=O) groups is 1. The predicted octanol–water partition coefficient (Wildman–Crippen LogP) is 4.44. The van der Waals surface area contributed by atoms with E-state index in [4.69, 9.17) is 0 Å². The number of benzene rings is 2. The van der Waals surface area contributed by atoms with Gasteiger partial charge in [-0.2, -0.15) is 0 Å². The number of rotatable bonds is 4. The molecule has 0 spiro atoms. The summed E-state index contributed by atoms with van der Waals surface area (Å²) in [5.74, 6) is 0.109. The van der Waals surface area contributed by atoms with Crippen LogP contribution in [0.25, 0.3) is 0 Å². The highest BCUT2D eigenvalue weighted by Gasteiger charge is 2.25. The molecule has 0 amide bonds. The van der Waals surface area contributed by atoms with Gasteiger partial charge in [0.15, 0.2) is 5.78 Å². The first-order valence-electron chi connectivity index (χ1n) is 7.83. The average Bonchev–Trinajstić information content (AvgIpc) is 2.53. The number of hydrogen-bond donors (Lipinski definition) is 0. The topological polar surface area (TPSA) is 23.6 Å². The number of para-hydroxylation sites is 1. The lowest BCUT2D eigenvalue weighted by Crippen LogP contribution is -2.37. The molecule has 0 aliphatic carbocycles. The molecule has 0 bridgehead atoms. The quantitative estimate of drug-likeness (QED) is 0.775. The monoisotopic (exact) mass is 326 g/mol. The zero-order valence-corrected chi connectivity index (χ0v) is 14.9. The molecule has 120 valence electrons. The third-order valence-corrected chi connectivity index (χ3v) is 5.49. The first-order valence-corrected chi connectivity index (χ1v) is 8.65. The Kier molecular flexibility index (Phi) is 4.46. The summed E-state index contributed by atoms with van der Waals surface area (Å²) in [5.41, 5.74) is 3.13. The van der Waals surface area contributed by atoms with Crippen LogP contribution in [0.4, 0.5) is 11.4 Å². The summed E-state index contributed by atoms with van der Waals surface area (Å²) in [6.45, 7) is 4.73. The van der Waals surface area contributed by atoms with E-state index in [1.165, 1.54) is 15.5 Å². The molecule has 0 radical (unpaired) electrons. The van der Waals surface area contributed by atoms with Gasteiger partial charge in [0, 0.05) is 27.9 Å². The van der Waals surface area contributed by atoms with Crippen LogP contribution in [0.5, 0.6) is 0 Å². The molecule has 0 fully saturated rings. The van der Waals surface area contributed by atoms with Gasteiger partial charge in [-0.25, -0.2) is 0 Å². The first kappa shape index (κ1) is 16.1. The third-order valence-electron chi connectivity index (χ3n) is 4.36. The normalized spacial score (nSPS) is 14.4. The molecule has 1 aliphatic heterocycles. The molecule has 2 aromatic rings. The van der Waals surface area contributed by atoms with Gasteiger partial charge in [-0.1, -0.05) is 30.0 Å². The standard InChI is InChI=1S/C19H22N2OS/c1-13(20(3)4)12-21-16-7-5-6-8-18(16)23-19-10-9-15(14(2)22)11-17(19)21/h5-11,13H,12H2,1-4H3/t13-/m0/s1. The van der Waals surface area contributed by atoms with E-state index in [9.17, 15) is 4.79 Å². The Morgan fingerprint density at radius 2 is 1.83 bits per heavy atom. The Morgan fingerprint density at radius 1 is 1.13 bits per heavy atom. The Balaban J connectivity index is 2.09. The van der Waals surface area contributed by atoms with Crippen LogP contribution in [0.2, 0.25) is 0 Å². The minimum absolute atomic E-state index is 0.109. The van der Waals surface area contributed by atoms with Crippen molar-refractivity contribution in [2.75, 3.05) is 25.5 Å². The van der Waals surface area contributed by atoms with Crippen molar-refractivity contribution < 1.29 is 4.79 Å². The van der Waals surface area contributed by atoms with Crippen LogP contribution in [-0.2, 0) is 0 Å². The highest BCUT2D eigenvalue weighted by atomic mass is 32.2. The van der Waals surface area contributed by atoms with Crippen LogP contribution >= 0.6 is 11.8 Å². The van der Waals surface area contributed by atoms with E-state index >= 15 is 0 Å². The fourth-order valence-corrected chi connectivity index (χ4v) is 3.75. The minimum atomic E-state index is 0.109. The minimum Gasteiger partial charge on any atom is -0.338 e. The summed E-state index contributed by atoms with van der Waals surface area (Å²) in [6.07, 6.45) is 0. The van der Waals surface area contributed by atoms with Crippen molar-refractivity contribution in [1.82, 2.24) is 4.90 Å². The van der Waals surface area contributed by atoms with Gasteiger partial charge in [0.2, 0.25) is 0 Å². The van der Waals surface area contributed by atoms with Gasteiger partial charge < -0.3 is 9.80 Å². The summed E-state index contributed by atoms with van der Waals surface area (Å²) in [5, 5.41) is 0. The van der Waals surface area contributed by atoms with Crippen LogP contribution in [-0.4, -0.2) is 37.4 Å². The van der Waals surface area contributed by atoms with E-state index in [0.717, 1.165) is 17.8 Å². The molecular formula is C19H22N2OS. The SMILES string of the molecule is CC(=O)c1ccc2c(c1)N(C[C@H](C)N(C)C)c1ccccc1S2. The maximum atomic E-state index is 11.8. The van der Waals surface area contributed by atoms with Gasteiger partial charge in [-0.3, -0.25) is 4.79 Å². The van der Waals surface area contributed by atoms with E-state index in [1.807, 2.05) is 12.1 Å². The van der Waals surface area contributed by atoms with Gasteiger partial charge in [-0.05, 0) is 52.2 Å². The van der Waals surface area contributed by atoms with Crippen molar-refractivity contribution >= 4 is 28.9 Å². The smallest absolute Gasteiger partial charge is 0.159 e. The van der Waals surface area contributed by atoms with Gasteiger partial charge in [0.1, 0.15) is 0 Å². The molecule has 0 aromatic heterocycles. The first-order chi connectivity index (χ1) is 11.0. The van der Waals surface area contributed by atoms with Gasteiger partial charge in [0.05, 0.1) is 11.4 Å². The van der Waals surface area contributed by atoms with Crippen LogP contribution in [0.15, 0.2) is 52.3 Å². The molecule has 2 aromatic carbocycles. The molecule has 0 saturated carbocycles. The Hall–Kier alpha value is -1.78. The second-order valence-electron chi connectivity index (χ2n) is 6.23. The lowest BCUT2D eigenvalue weighted by molar-refractivity contribution is 0.101. The predicted molar refractivity (Wildman–Crippen MR) is 97.2 cm³/mol. The van der Waals surface area contributed by atoms with Crippen molar-refractivity contribution in [2.45, 2.75) is 29.7 Å². The Labute approximate surface area is 142 Å². The Bertz CT molecular complexity index is 742. The fourth-order valence-electron chi connectivity index (χ4n) is 2.67. The molecule has 1 atom stereocenters. The van der Waals surface area contributed by atoms with Crippen molar-refractivity contribution in [3.8, 4) is 0 Å². The number of Topliss-reactive ketones (excluding diaryl/α,β-unsaturated/α-hetero) is 1. The van der Waals surface area contributed by atoms with Crippen molar-refractivity contribution in [3.63, 3.8) is 0 Å². The molecule has 0 saturated heterocycles. The van der Waals surface area contributed by atoms with Crippen molar-refractivity contribution in [3.05, 3.63) is 48.0 Å². The zero-order valence-electron chi connectivity index (χ0n) is 14.0. The van der Waals surface area contributed by atoms with E-state index in [2.05, 4.69) is 61.2 Å². The molecule has 1 heterocycles. The molecule has 23 heavy (non-hydrogen) atoms. The van der Waals surface area contributed by atoms with E-state index in [0.29, 0.717) is 6.04 Å². The fraction of sp³-hybridized carbons (Fsp3) is 0.316. The summed E-state index contributed by atoms with van der Waals surface area (Å²) in [7, 11) is 4.20. The number of nitrogens with zero attached hydrogens (tertiary/aromatic N) is 2. The van der Waals surface area contributed by atoms with Gasteiger partial charge in [0.25, 0.3) is 0 Å². The van der Waals surface area contributed by atoms with Gasteiger partial charge >= 0.3 is 0 Å². The number of fused-ring (bicyclic) bond motifs is 2. The van der Waals surface area contributed by atoms with E-state index in [-0.39, 0.29) is 5.78 Å². The highest BCUT2D eigenvalue weighted by molar-refractivity contribution is 7.99. The summed E-state index contributed by atoms with van der Waals surface area (Å²) >= 11 is 1.78. The summed E-state index contributed by atoms with van der Waals surface area (Å²) < 4.78 is 0. The Morgan fingerprint density at radius 3 is 2.52 bits per heavy atom. The van der Waals surface area contributed by atoms with Crippen LogP contribution < -0.4 is 4.90 Å². The summed E-state index contributed by atoms with van der Waals surface area (Å²) in [6, 6.07) is 14.9. The van der Waals surface area contributed by atoms with Crippen LogP contribution in [0.1, 0.15) is 24.2 Å². The molecule has 3 rings (SSSR count). The highest BCUT2D eigenvalue weighted by Crippen LogP contribution is 2.48. The van der Waals surface area contributed by atoms with Gasteiger partial charge in [-0.15, -0.1) is 0 Å². The number of hydrogen-bond acceptors (Lipinski definition) is 4. The molecular weight excluding hydrogens is 304 g/mol. The van der Waals surface area contributed by atoms with E-state index < -0.39 is 0 Å². The second kappa shape index (κ2) is 6.38. The van der Waals surface area contributed by atoms with Crippen molar-refractivity contribution in [2.24, 2.45) is 0 Å². The summed E-state index contributed by atoms with van der Waals surface area (Å²) in [4.78, 5) is 18.8. The lowest BCUT2D eigenvalue weighted by Gasteiger charge is -2.36. The lowest BCUT2D eigenvalue weighted by atomic mass is 10.1. The number of carbonyl (C=O) groups excluding carboxylic acids is 1. The number of anilines is 2. The molecule has 4 heteroatoms. The largest absolute Gasteiger partial charge is 0.338 e. The molecule has 1 aliphatic rings. The van der Waals surface area contributed by atoms with Crippen LogP contribution in [0, 0.1) is 0 Å². The number of likely N-dealkylation sites (N-methyl/N-ethyl adjacent to an activating group) is 1. The second-order valence-corrected chi connectivity index (χ2v) is 7.32. The maximum Gasteiger partial charge on any atom is 0.159 e. The maximum absolute atomic E-state index is 11.8.